The minimum Gasteiger partial charge on any atom is -0.327 e. The summed E-state index contributed by atoms with van der Waals surface area (Å²) in [5, 5.41) is 3.50. The van der Waals surface area contributed by atoms with Gasteiger partial charge >= 0.3 is 0 Å². The largest absolute Gasteiger partial charge is 0.327 e. The maximum Gasteiger partial charge on any atom is 0.231 e. The highest BCUT2D eigenvalue weighted by Crippen LogP contribution is 2.48. The predicted octanol–water partition coefficient (Wildman–Crippen LogP) is 3.03. The number of hydrogen-bond donors (Lipinski definition) is 2. The highest BCUT2D eigenvalue weighted by molar-refractivity contribution is 7.17. The number of hydrogen-bond acceptors (Lipinski definition) is 5. The van der Waals surface area contributed by atoms with Crippen LogP contribution in [0.3, 0.4) is 0 Å². The van der Waals surface area contributed by atoms with Gasteiger partial charge in [-0.15, -0.1) is 12.4 Å². The Kier molecular flexibility index (Phi) is 4.51. The third-order valence-electron chi connectivity index (χ3n) is 5.75. The summed E-state index contributed by atoms with van der Waals surface area (Å²) in [4.78, 5) is 30.1. The summed E-state index contributed by atoms with van der Waals surface area (Å²) in [5.74, 6) is 0.961. The molecule has 24 heavy (non-hydrogen) atoms. The molecule has 2 saturated carbocycles. The zero-order valence-corrected chi connectivity index (χ0v) is 15.6. The van der Waals surface area contributed by atoms with Crippen LogP contribution in [0.25, 0.3) is 0 Å². The molecule has 0 aromatic carbocycles. The number of halogens is 1. The van der Waals surface area contributed by atoms with Crippen molar-refractivity contribution in [3.63, 3.8) is 0 Å². The van der Waals surface area contributed by atoms with E-state index in [1.54, 1.807) is 0 Å². The van der Waals surface area contributed by atoms with Crippen LogP contribution >= 0.6 is 23.7 Å². The Labute approximate surface area is 152 Å². The fourth-order valence-electron chi connectivity index (χ4n) is 4.69. The van der Waals surface area contributed by atoms with E-state index in [1.165, 1.54) is 11.3 Å². The number of fused-ring (bicyclic) bond motifs is 3. The van der Waals surface area contributed by atoms with E-state index in [0.717, 1.165) is 36.3 Å². The molecule has 132 valence electrons. The van der Waals surface area contributed by atoms with Crippen LogP contribution in [0, 0.1) is 23.2 Å². The van der Waals surface area contributed by atoms with Gasteiger partial charge in [-0.2, -0.15) is 0 Å². The third kappa shape index (κ3) is 2.89. The van der Waals surface area contributed by atoms with Gasteiger partial charge in [-0.1, -0.05) is 25.2 Å². The number of anilines is 1. The van der Waals surface area contributed by atoms with Gasteiger partial charge < -0.3 is 11.1 Å². The molecule has 3 aliphatic rings. The maximum atomic E-state index is 12.6. The summed E-state index contributed by atoms with van der Waals surface area (Å²) in [6.07, 6.45) is 4.68. The smallest absolute Gasteiger partial charge is 0.231 e. The Morgan fingerprint density at radius 1 is 1.29 bits per heavy atom. The molecule has 4 rings (SSSR count). The average molecular weight is 370 g/mol. The van der Waals surface area contributed by atoms with Crippen molar-refractivity contribution < 1.29 is 9.59 Å². The Balaban J connectivity index is 0.00000169. The topological polar surface area (TPSA) is 85.1 Å². The molecule has 3 N–H and O–H groups in total. The summed E-state index contributed by atoms with van der Waals surface area (Å²) in [6.45, 7) is 4.17. The molecule has 1 aromatic heterocycles. The minimum atomic E-state index is -0.0955. The summed E-state index contributed by atoms with van der Waals surface area (Å²) in [6, 6.07) is -0.0242. The van der Waals surface area contributed by atoms with Crippen molar-refractivity contribution in [1.82, 2.24) is 4.98 Å². The summed E-state index contributed by atoms with van der Waals surface area (Å²) in [5.41, 5.74) is 7.03. The highest BCUT2D eigenvalue weighted by atomic mass is 35.5. The molecule has 4 unspecified atom stereocenters. The number of carbonyl (C=O) groups is 2. The number of nitrogens with zero attached hydrogens (tertiary/aromatic N) is 1. The van der Waals surface area contributed by atoms with Crippen molar-refractivity contribution in [3.05, 3.63) is 10.6 Å². The highest BCUT2D eigenvalue weighted by Gasteiger charge is 2.49. The van der Waals surface area contributed by atoms with E-state index in [4.69, 9.17) is 5.73 Å². The molecular formula is C17H24ClN3O2S. The number of amides is 1. The molecule has 7 heteroatoms. The number of ketones is 1. The molecule has 1 heterocycles. The first-order chi connectivity index (χ1) is 10.8. The van der Waals surface area contributed by atoms with Crippen LogP contribution in [0.2, 0.25) is 0 Å². The van der Waals surface area contributed by atoms with E-state index >= 15 is 0 Å². The van der Waals surface area contributed by atoms with Gasteiger partial charge in [0.25, 0.3) is 0 Å². The van der Waals surface area contributed by atoms with Gasteiger partial charge in [0.05, 0.1) is 16.5 Å². The Morgan fingerprint density at radius 3 is 2.67 bits per heavy atom. The first kappa shape index (κ1) is 17.8. The summed E-state index contributed by atoms with van der Waals surface area (Å²) in [7, 11) is 0. The summed E-state index contributed by atoms with van der Waals surface area (Å²) >= 11 is 1.32. The lowest BCUT2D eigenvalue weighted by molar-refractivity contribution is -0.121. The van der Waals surface area contributed by atoms with Crippen molar-refractivity contribution in [2.75, 3.05) is 5.32 Å². The number of thiazole rings is 1. The zero-order chi connectivity index (χ0) is 16.4. The van der Waals surface area contributed by atoms with Gasteiger partial charge in [-0.3, -0.25) is 9.59 Å². The molecule has 2 fully saturated rings. The quantitative estimate of drug-likeness (QED) is 0.839. The maximum absolute atomic E-state index is 12.6. The number of aromatic nitrogens is 1. The molecule has 3 aliphatic carbocycles. The molecule has 0 aliphatic heterocycles. The van der Waals surface area contributed by atoms with Gasteiger partial charge in [-0.05, 0) is 42.9 Å². The van der Waals surface area contributed by atoms with Crippen molar-refractivity contribution >= 4 is 40.6 Å². The van der Waals surface area contributed by atoms with Crippen molar-refractivity contribution in [2.45, 2.75) is 52.0 Å². The molecule has 1 amide bonds. The fraction of sp³-hybridized carbons (Fsp3) is 0.706. The lowest BCUT2D eigenvalue weighted by Crippen LogP contribution is -2.42. The van der Waals surface area contributed by atoms with Gasteiger partial charge in [0.2, 0.25) is 5.91 Å². The molecule has 0 radical (unpaired) electrons. The van der Waals surface area contributed by atoms with Crippen LogP contribution in [0.4, 0.5) is 5.13 Å². The normalized spacial score (nSPS) is 33.0. The monoisotopic (exact) mass is 369 g/mol. The first-order valence-electron chi connectivity index (χ1n) is 8.43. The van der Waals surface area contributed by atoms with Gasteiger partial charge in [0, 0.05) is 12.5 Å². The lowest BCUT2D eigenvalue weighted by Gasteiger charge is -2.26. The van der Waals surface area contributed by atoms with Crippen LogP contribution in [0.15, 0.2) is 0 Å². The summed E-state index contributed by atoms with van der Waals surface area (Å²) < 4.78 is 0. The molecule has 2 bridgehead atoms. The van der Waals surface area contributed by atoms with Crippen molar-refractivity contribution in [1.29, 1.82) is 0 Å². The van der Waals surface area contributed by atoms with Gasteiger partial charge in [0.15, 0.2) is 10.9 Å². The second-order valence-corrected chi connectivity index (χ2v) is 9.16. The van der Waals surface area contributed by atoms with E-state index in [-0.39, 0.29) is 41.5 Å². The van der Waals surface area contributed by atoms with Gasteiger partial charge in [0.1, 0.15) is 0 Å². The Morgan fingerprint density at radius 2 is 2.00 bits per heavy atom. The number of Topliss-reactive ketones (excluding diaryl/α,β-unsaturated/α-hetero) is 1. The van der Waals surface area contributed by atoms with Crippen LogP contribution in [0.5, 0.6) is 0 Å². The predicted molar refractivity (Wildman–Crippen MR) is 96.7 cm³/mol. The van der Waals surface area contributed by atoms with E-state index in [0.29, 0.717) is 23.4 Å². The van der Waals surface area contributed by atoms with E-state index in [2.05, 4.69) is 24.1 Å². The van der Waals surface area contributed by atoms with E-state index in [1.807, 2.05) is 0 Å². The number of nitrogens with two attached hydrogens (primary N) is 1. The van der Waals surface area contributed by atoms with Crippen molar-refractivity contribution in [3.8, 4) is 0 Å². The second-order valence-electron chi connectivity index (χ2n) is 8.16. The van der Waals surface area contributed by atoms with Crippen LogP contribution < -0.4 is 11.1 Å². The minimum absolute atomic E-state index is 0. The number of carbonyl (C=O) groups excluding carboxylic acids is 2. The standard InChI is InChI=1S/C17H23N3O2S.ClH/c1-17(2)6-10-14(11(21)7-17)23-16(19-10)20-15(22)12-8-3-4-9(5-8)13(12)18;/h8-9,12-13H,3-7,18H2,1-2H3,(H,19,20,22);1H. The zero-order valence-electron chi connectivity index (χ0n) is 14.0. The van der Waals surface area contributed by atoms with Crippen LogP contribution in [-0.4, -0.2) is 22.7 Å². The van der Waals surface area contributed by atoms with Crippen molar-refractivity contribution in [2.24, 2.45) is 28.9 Å². The molecule has 5 nitrogen and oxygen atoms in total. The number of rotatable bonds is 2. The SMILES string of the molecule is CC1(C)CC(=O)c2sc(NC(=O)C3C4CCC(C4)C3N)nc2C1.Cl. The second kappa shape index (κ2) is 6.07. The first-order valence-corrected chi connectivity index (χ1v) is 9.25. The molecular weight excluding hydrogens is 346 g/mol. The third-order valence-corrected chi connectivity index (χ3v) is 6.80. The molecule has 4 atom stereocenters. The van der Waals surface area contributed by atoms with Gasteiger partial charge in [-0.25, -0.2) is 4.98 Å². The van der Waals surface area contributed by atoms with Crippen LogP contribution in [-0.2, 0) is 11.2 Å². The van der Waals surface area contributed by atoms with Crippen LogP contribution in [0.1, 0.15) is 54.9 Å². The average Bonchev–Trinajstić information content (AvgIpc) is 3.11. The van der Waals surface area contributed by atoms with E-state index < -0.39 is 0 Å². The molecule has 0 saturated heterocycles. The fourth-order valence-corrected chi connectivity index (χ4v) is 5.61. The molecule has 1 aromatic rings. The van der Waals surface area contributed by atoms with E-state index in [9.17, 15) is 9.59 Å². The Hall–Kier alpha value is -0.980. The number of nitrogens with one attached hydrogen (secondary N) is 1. The Bertz CT molecular complexity index is 685. The molecule has 0 spiro atoms. The lowest BCUT2D eigenvalue weighted by atomic mass is 9.78.